The van der Waals surface area contributed by atoms with E-state index in [-0.39, 0.29) is 0 Å². The van der Waals surface area contributed by atoms with Gasteiger partial charge in [0.2, 0.25) is 0 Å². The lowest BCUT2D eigenvalue weighted by molar-refractivity contribution is 0.183. The standard InChI is InChI=1S/C18H30N2O/c1-14(2)19-12-16-5-6-18(21-4)17(11-16)13-20-9-7-15(3)8-10-20/h5-6,11,14-15,19H,7-10,12-13H2,1-4H3. The third kappa shape index (κ3) is 5.01. The minimum Gasteiger partial charge on any atom is -0.496 e. The average Bonchev–Trinajstić information content (AvgIpc) is 2.48. The van der Waals surface area contributed by atoms with E-state index in [9.17, 15) is 0 Å². The number of nitrogens with one attached hydrogen (secondary N) is 1. The molecule has 1 heterocycles. The molecule has 118 valence electrons. The Morgan fingerprint density at radius 3 is 2.62 bits per heavy atom. The summed E-state index contributed by atoms with van der Waals surface area (Å²) in [4.78, 5) is 2.55. The molecule has 2 rings (SSSR count). The molecule has 3 heteroatoms. The van der Waals surface area contributed by atoms with Gasteiger partial charge in [0.25, 0.3) is 0 Å². The van der Waals surface area contributed by atoms with Crippen molar-refractivity contribution in [3.63, 3.8) is 0 Å². The molecule has 0 saturated carbocycles. The van der Waals surface area contributed by atoms with E-state index < -0.39 is 0 Å². The van der Waals surface area contributed by atoms with Gasteiger partial charge in [-0.05, 0) is 49.5 Å². The first-order valence-electron chi connectivity index (χ1n) is 8.20. The number of hydrogen-bond donors (Lipinski definition) is 1. The zero-order chi connectivity index (χ0) is 15.2. The molecule has 1 aromatic rings. The van der Waals surface area contributed by atoms with E-state index in [2.05, 4.69) is 49.2 Å². The van der Waals surface area contributed by atoms with Crippen molar-refractivity contribution >= 4 is 0 Å². The first-order chi connectivity index (χ1) is 10.1. The molecule has 1 aromatic carbocycles. The highest BCUT2D eigenvalue weighted by molar-refractivity contribution is 5.37. The van der Waals surface area contributed by atoms with Crippen molar-refractivity contribution < 1.29 is 4.74 Å². The van der Waals surface area contributed by atoms with Crippen molar-refractivity contribution in [2.75, 3.05) is 20.2 Å². The van der Waals surface area contributed by atoms with Gasteiger partial charge >= 0.3 is 0 Å². The summed E-state index contributed by atoms with van der Waals surface area (Å²) in [5, 5.41) is 3.48. The van der Waals surface area contributed by atoms with Gasteiger partial charge in [0, 0.05) is 24.7 Å². The summed E-state index contributed by atoms with van der Waals surface area (Å²) in [6.07, 6.45) is 2.63. The molecule has 0 spiro atoms. The SMILES string of the molecule is COc1ccc(CNC(C)C)cc1CN1CCC(C)CC1. The first kappa shape index (κ1) is 16.3. The summed E-state index contributed by atoms with van der Waals surface area (Å²) in [5.41, 5.74) is 2.65. The van der Waals surface area contributed by atoms with Crippen molar-refractivity contribution in [2.45, 2.75) is 52.7 Å². The van der Waals surface area contributed by atoms with Crippen LogP contribution in [0.25, 0.3) is 0 Å². The zero-order valence-electron chi connectivity index (χ0n) is 14.0. The minimum absolute atomic E-state index is 0.513. The van der Waals surface area contributed by atoms with E-state index in [1.54, 1.807) is 7.11 Å². The number of methoxy groups -OCH3 is 1. The maximum Gasteiger partial charge on any atom is 0.123 e. The van der Waals surface area contributed by atoms with Gasteiger partial charge in [0.05, 0.1) is 7.11 Å². The molecule has 1 fully saturated rings. The normalized spacial score (nSPS) is 17.4. The van der Waals surface area contributed by atoms with E-state index in [1.165, 1.54) is 37.1 Å². The highest BCUT2D eigenvalue weighted by Crippen LogP contribution is 2.24. The van der Waals surface area contributed by atoms with Gasteiger partial charge in [-0.15, -0.1) is 0 Å². The lowest BCUT2D eigenvalue weighted by atomic mass is 9.98. The fourth-order valence-corrected chi connectivity index (χ4v) is 2.85. The monoisotopic (exact) mass is 290 g/mol. The summed E-state index contributed by atoms with van der Waals surface area (Å²) in [6.45, 7) is 11.1. The van der Waals surface area contributed by atoms with Gasteiger partial charge in [0.15, 0.2) is 0 Å². The largest absolute Gasteiger partial charge is 0.496 e. The predicted octanol–water partition coefficient (Wildman–Crippen LogP) is 3.43. The first-order valence-corrected chi connectivity index (χ1v) is 8.20. The van der Waals surface area contributed by atoms with Crippen LogP contribution in [0.1, 0.15) is 44.7 Å². The van der Waals surface area contributed by atoms with E-state index in [0.717, 1.165) is 24.8 Å². The number of hydrogen-bond acceptors (Lipinski definition) is 3. The Bertz CT molecular complexity index is 437. The van der Waals surface area contributed by atoms with Crippen LogP contribution in [0.15, 0.2) is 18.2 Å². The molecule has 21 heavy (non-hydrogen) atoms. The maximum atomic E-state index is 5.54. The van der Waals surface area contributed by atoms with E-state index in [1.807, 2.05) is 0 Å². The van der Waals surface area contributed by atoms with Crippen LogP contribution in [0.3, 0.4) is 0 Å². The Kier molecular flexibility index (Phi) is 6.07. The highest BCUT2D eigenvalue weighted by atomic mass is 16.5. The molecule has 0 atom stereocenters. The van der Waals surface area contributed by atoms with Crippen LogP contribution in [-0.4, -0.2) is 31.1 Å². The van der Waals surface area contributed by atoms with Crippen LogP contribution in [-0.2, 0) is 13.1 Å². The number of ether oxygens (including phenoxy) is 1. The molecule has 0 bridgehead atoms. The van der Waals surface area contributed by atoms with Crippen molar-refractivity contribution in [1.29, 1.82) is 0 Å². The molecule has 0 amide bonds. The summed E-state index contributed by atoms with van der Waals surface area (Å²) in [7, 11) is 1.77. The molecule has 0 aliphatic carbocycles. The van der Waals surface area contributed by atoms with Gasteiger partial charge in [-0.1, -0.05) is 26.8 Å². The second kappa shape index (κ2) is 7.81. The van der Waals surface area contributed by atoms with Gasteiger partial charge < -0.3 is 10.1 Å². The topological polar surface area (TPSA) is 24.5 Å². The Balaban J connectivity index is 2.03. The van der Waals surface area contributed by atoms with E-state index in [0.29, 0.717) is 6.04 Å². The Morgan fingerprint density at radius 1 is 1.29 bits per heavy atom. The Morgan fingerprint density at radius 2 is 2.00 bits per heavy atom. The van der Waals surface area contributed by atoms with Gasteiger partial charge in [-0.2, -0.15) is 0 Å². The van der Waals surface area contributed by atoms with Crippen LogP contribution in [0, 0.1) is 5.92 Å². The van der Waals surface area contributed by atoms with Crippen molar-refractivity contribution in [2.24, 2.45) is 5.92 Å². The second-order valence-electron chi connectivity index (χ2n) is 6.64. The number of piperidine rings is 1. The van der Waals surface area contributed by atoms with Gasteiger partial charge in [-0.3, -0.25) is 4.90 Å². The molecule has 1 aliphatic heterocycles. The molecule has 1 aliphatic rings. The Labute approximate surface area is 129 Å². The molecule has 3 nitrogen and oxygen atoms in total. The highest BCUT2D eigenvalue weighted by Gasteiger charge is 2.17. The molecule has 0 unspecified atom stereocenters. The maximum absolute atomic E-state index is 5.54. The summed E-state index contributed by atoms with van der Waals surface area (Å²) < 4.78 is 5.54. The number of rotatable bonds is 6. The molecule has 0 radical (unpaired) electrons. The fraction of sp³-hybridized carbons (Fsp3) is 0.667. The van der Waals surface area contributed by atoms with Crippen molar-refractivity contribution in [3.05, 3.63) is 29.3 Å². The summed E-state index contributed by atoms with van der Waals surface area (Å²) >= 11 is 0. The Hall–Kier alpha value is -1.06. The second-order valence-corrected chi connectivity index (χ2v) is 6.64. The number of likely N-dealkylation sites (tertiary alicyclic amines) is 1. The van der Waals surface area contributed by atoms with E-state index >= 15 is 0 Å². The fourth-order valence-electron chi connectivity index (χ4n) is 2.85. The van der Waals surface area contributed by atoms with Crippen LogP contribution in [0.2, 0.25) is 0 Å². The lowest BCUT2D eigenvalue weighted by Crippen LogP contribution is -2.32. The van der Waals surface area contributed by atoms with E-state index in [4.69, 9.17) is 4.74 Å². The third-order valence-electron chi connectivity index (χ3n) is 4.33. The van der Waals surface area contributed by atoms with Crippen LogP contribution in [0.4, 0.5) is 0 Å². The lowest BCUT2D eigenvalue weighted by Gasteiger charge is -2.30. The molecule has 0 aromatic heterocycles. The van der Waals surface area contributed by atoms with Crippen LogP contribution < -0.4 is 10.1 Å². The average molecular weight is 290 g/mol. The molecular formula is C18H30N2O. The van der Waals surface area contributed by atoms with Gasteiger partial charge in [-0.25, -0.2) is 0 Å². The molecular weight excluding hydrogens is 260 g/mol. The molecule has 1 saturated heterocycles. The molecule has 1 N–H and O–H groups in total. The van der Waals surface area contributed by atoms with Crippen molar-refractivity contribution in [3.8, 4) is 5.75 Å². The summed E-state index contributed by atoms with van der Waals surface area (Å²) in [6, 6.07) is 7.08. The number of benzene rings is 1. The smallest absolute Gasteiger partial charge is 0.123 e. The summed E-state index contributed by atoms with van der Waals surface area (Å²) in [5.74, 6) is 1.90. The zero-order valence-corrected chi connectivity index (χ0v) is 14.0. The van der Waals surface area contributed by atoms with Crippen LogP contribution >= 0.6 is 0 Å². The van der Waals surface area contributed by atoms with Crippen LogP contribution in [0.5, 0.6) is 5.75 Å². The van der Waals surface area contributed by atoms with Crippen molar-refractivity contribution in [1.82, 2.24) is 10.2 Å². The quantitative estimate of drug-likeness (QED) is 0.869. The number of nitrogens with zero attached hydrogens (tertiary/aromatic N) is 1. The third-order valence-corrected chi connectivity index (χ3v) is 4.33. The van der Waals surface area contributed by atoms with Gasteiger partial charge in [0.1, 0.15) is 5.75 Å². The predicted molar refractivity (Wildman–Crippen MR) is 88.6 cm³/mol. The minimum atomic E-state index is 0.513.